The molecule has 3 heterocycles. The van der Waals surface area contributed by atoms with Crippen LogP contribution in [0, 0.1) is 23.6 Å². The second-order valence-electron chi connectivity index (χ2n) is 8.52. The van der Waals surface area contributed by atoms with Gasteiger partial charge in [-0.25, -0.2) is 9.18 Å². The fourth-order valence-corrected chi connectivity index (χ4v) is 4.77. The summed E-state index contributed by atoms with van der Waals surface area (Å²) in [6, 6.07) is 9.57. The Morgan fingerprint density at radius 3 is 2.76 bits per heavy atom. The van der Waals surface area contributed by atoms with E-state index in [0.29, 0.717) is 5.56 Å². The molecule has 33 heavy (non-hydrogen) atoms. The maximum Gasteiger partial charge on any atom is 0.325 e. The van der Waals surface area contributed by atoms with E-state index < -0.39 is 11.6 Å². The van der Waals surface area contributed by atoms with Crippen LogP contribution in [-0.2, 0) is 11.2 Å². The normalized spacial score (nSPS) is 21.9. The lowest BCUT2D eigenvalue weighted by Crippen LogP contribution is -2.57. The minimum absolute atomic E-state index is 0.0536. The molecule has 1 aromatic heterocycles. The number of imide groups is 1. The minimum Gasteiger partial charge on any atom is -0.465 e. The second-order valence-corrected chi connectivity index (χ2v) is 8.52. The molecule has 0 radical (unpaired) electrons. The Labute approximate surface area is 193 Å². The van der Waals surface area contributed by atoms with Gasteiger partial charge in [0.25, 0.3) is 5.91 Å². The molecule has 0 spiro atoms. The molecule has 1 N–H and O–H groups in total. The number of likely N-dealkylation sites (tertiary alicyclic amines) is 1. The summed E-state index contributed by atoms with van der Waals surface area (Å²) < 4.78 is 19.2. The molecule has 6 nitrogen and oxygen atoms in total. The molecule has 2 aliphatic rings. The van der Waals surface area contributed by atoms with Crippen molar-refractivity contribution in [1.29, 1.82) is 0 Å². The molecule has 3 amide bonds. The van der Waals surface area contributed by atoms with E-state index in [0.717, 1.165) is 38.2 Å². The van der Waals surface area contributed by atoms with E-state index in [1.807, 2.05) is 18.2 Å². The number of hydrogen-bond acceptors (Lipinski definition) is 4. The molecule has 0 aliphatic carbocycles. The topological polar surface area (TPSA) is 65.8 Å². The van der Waals surface area contributed by atoms with Gasteiger partial charge in [-0.1, -0.05) is 24.1 Å². The van der Waals surface area contributed by atoms with Gasteiger partial charge in [0.05, 0.1) is 12.8 Å². The van der Waals surface area contributed by atoms with Crippen LogP contribution in [0.15, 0.2) is 53.2 Å². The molecule has 2 aliphatic heterocycles. The highest BCUT2D eigenvalue weighted by Gasteiger charge is 2.55. The van der Waals surface area contributed by atoms with E-state index in [1.54, 1.807) is 25.3 Å². The van der Waals surface area contributed by atoms with Crippen molar-refractivity contribution in [3.63, 3.8) is 0 Å². The summed E-state index contributed by atoms with van der Waals surface area (Å²) in [6.07, 6.45) is 7.42. The minimum atomic E-state index is -1.09. The molecule has 0 saturated carbocycles. The summed E-state index contributed by atoms with van der Waals surface area (Å²) in [6.45, 7) is 4.12. The molecular formula is C26H28FN3O3. The summed E-state index contributed by atoms with van der Waals surface area (Å²) in [5.74, 6) is 5.70. The number of carbonyl (C=O) groups is 2. The first-order chi connectivity index (χ1) is 16.0. The van der Waals surface area contributed by atoms with Gasteiger partial charge in [0.15, 0.2) is 0 Å². The number of halogens is 1. The molecule has 2 fully saturated rings. The van der Waals surface area contributed by atoms with Crippen LogP contribution in [0.1, 0.15) is 31.1 Å². The van der Waals surface area contributed by atoms with Crippen molar-refractivity contribution in [3.05, 3.63) is 65.9 Å². The smallest absolute Gasteiger partial charge is 0.325 e. The lowest BCUT2D eigenvalue weighted by atomic mass is 9.74. The number of benzene rings is 1. The first kappa shape index (κ1) is 22.8. The Bertz CT molecular complexity index is 1080. The van der Waals surface area contributed by atoms with Gasteiger partial charge in [0, 0.05) is 13.0 Å². The second kappa shape index (κ2) is 10.1. The number of rotatable bonds is 7. The van der Waals surface area contributed by atoms with Gasteiger partial charge in [0.1, 0.15) is 17.1 Å². The van der Waals surface area contributed by atoms with Crippen LogP contribution in [0.5, 0.6) is 0 Å². The maximum absolute atomic E-state index is 13.9. The van der Waals surface area contributed by atoms with E-state index in [-0.39, 0.29) is 30.6 Å². The number of urea groups is 1. The van der Waals surface area contributed by atoms with E-state index in [4.69, 9.17) is 4.42 Å². The van der Waals surface area contributed by atoms with E-state index in [2.05, 4.69) is 28.1 Å². The Balaban J connectivity index is 1.50. The average molecular weight is 450 g/mol. The van der Waals surface area contributed by atoms with Crippen LogP contribution in [0.2, 0.25) is 0 Å². The average Bonchev–Trinajstić information content (AvgIpc) is 3.40. The third kappa shape index (κ3) is 5.01. The van der Waals surface area contributed by atoms with Gasteiger partial charge in [-0.2, -0.15) is 0 Å². The standard InChI is InChI=1S/C26H28FN3O3/c1-2-3-14-30-24(31)26(28-25(30)32,19-20-7-4-8-22(27)18-20)21-11-15-29(16-12-21)13-5-9-23-10-6-17-33-23/h4-10,17-18,21H,11-16,19H2,1H3,(H,28,32)/b9-5+/t26-/m1/s1. The number of amides is 3. The zero-order valence-corrected chi connectivity index (χ0v) is 18.7. The number of carbonyl (C=O) groups excluding carboxylic acids is 2. The number of nitrogens with one attached hydrogen (secondary N) is 1. The van der Waals surface area contributed by atoms with Crippen molar-refractivity contribution in [2.24, 2.45) is 5.92 Å². The lowest BCUT2D eigenvalue weighted by molar-refractivity contribution is -0.133. The van der Waals surface area contributed by atoms with Crippen molar-refractivity contribution in [2.75, 3.05) is 26.2 Å². The van der Waals surface area contributed by atoms with E-state index in [1.165, 1.54) is 17.0 Å². The molecular weight excluding hydrogens is 421 g/mol. The predicted molar refractivity (Wildman–Crippen MR) is 123 cm³/mol. The van der Waals surface area contributed by atoms with Crippen molar-refractivity contribution in [3.8, 4) is 11.8 Å². The lowest BCUT2D eigenvalue weighted by Gasteiger charge is -2.40. The summed E-state index contributed by atoms with van der Waals surface area (Å²) in [4.78, 5) is 29.8. The van der Waals surface area contributed by atoms with Crippen molar-refractivity contribution >= 4 is 18.0 Å². The fraction of sp³-hybridized carbons (Fsp3) is 0.385. The van der Waals surface area contributed by atoms with Gasteiger partial charge in [0.2, 0.25) is 0 Å². The number of furan rings is 1. The molecule has 2 aromatic rings. The summed E-state index contributed by atoms with van der Waals surface area (Å²) in [5.41, 5.74) is -0.396. The quantitative estimate of drug-likeness (QED) is 0.517. The molecule has 172 valence electrons. The summed E-state index contributed by atoms with van der Waals surface area (Å²) >= 11 is 0. The molecule has 1 aromatic carbocycles. The zero-order valence-electron chi connectivity index (χ0n) is 18.7. The highest BCUT2D eigenvalue weighted by atomic mass is 19.1. The first-order valence-electron chi connectivity index (χ1n) is 11.2. The highest BCUT2D eigenvalue weighted by Crippen LogP contribution is 2.36. The van der Waals surface area contributed by atoms with Crippen LogP contribution in [-0.4, -0.2) is 53.5 Å². The summed E-state index contributed by atoms with van der Waals surface area (Å²) in [7, 11) is 0. The van der Waals surface area contributed by atoms with Crippen molar-refractivity contribution in [1.82, 2.24) is 15.1 Å². The number of hydrogen-bond donors (Lipinski definition) is 1. The van der Waals surface area contributed by atoms with Crippen LogP contribution in [0.4, 0.5) is 9.18 Å². The first-order valence-corrected chi connectivity index (χ1v) is 11.2. The van der Waals surface area contributed by atoms with Gasteiger partial charge >= 0.3 is 6.03 Å². The SMILES string of the molecule is CC#CCN1C(=O)N[C@](Cc2cccc(F)c2)(C2CCN(C/C=C/c3ccco3)CC2)C1=O. The number of nitrogens with zero attached hydrogens (tertiary/aromatic N) is 2. The summed E-state index contributed by atoms with van der Waals surface area (Å²) in [5, 5.41) is 2.99. The van der Waals surface area contributed by atoms with Gasteiger partial charge in [-0.3, -0.25) is 14.6 Å². The Morgan fingerprint density at radius 1 is 1.24 bits per heavy atom. The Kier molecular flexibility index (Phi) is 6.95. The van der Waals surface area contributed by atoms with E-state index in [9.17, 15) is 14.0 Å². The van der Waals surface area contributed by atoms with Gasteiger partial charge in [-0.05, 0) is 74.7 Å². The van der Waals surface area contributed by atoms with Crippen LogP contribution in [0.25, 0.3) is 6.08 Å². The third-order valence-electron chi connectivity index (χ3n) is 6.46. The zero-order chi connectivity index (χ0) is 23.3. The third-order valence-corrected chi connectivity index (χ3v) is 6.46. The largest absolute Gasteiger partial charge is 0.465 e. The molecule has 1 atom stereocenters. The van der Waals surface area contributed by atoms with Crippen molar-refractivity contribution < 1.29 is 18.4 Å². The van der Waals surface area contributed by atoms with Gasteiger partial charge < -0.3 is 9.73 Å². The molecule has 7 heteroatoms. The molecule has 0 bridgehead atoms. The van der Waals surface area contributed by atoms with Gasteiger partial charge in [-0.15, -0.1) is 5.92 Å². The molecule has 4 rings (SSSR count). The molecule has 2 saturated heterocycles. The fourth-order valence-electron chi connectivity index (χ4n) is 4.77. The van der Waals surface area contributed by atoms with Crippen LogP contribution < -0.4 is 5.32 Å². The maximum atomic E-state index is 13.9. The molecule has 0 unspecified atom stereocenters. The van der Waals surface area contributed by atoms with Crippen LogP contribution >= 0.6 is 0 Å². The Hall–Kier alpha value is -3.37. The van der Waals surface area contributed by atoms with Crippen LogP contribution in [0.3, 0.4) is 0 Å². The predicted octanol–water partition coefficient (Wildman–Crippen LogP) is 3.70. The van der Waals surface area contributed by atoms with E-state index >= 15 is 0 Å². The monoisotopic (exact) mass is 449 g/mol. The highest BCUT2D eigenvalue weighted by molar-refractivity contribution is 6.07. The van der Waals surface area contributed by atoms with Crippen molar-refractivity contribution in [2.45, 2.75) is 31.7 Å². The Morgan fingerprint density at radius 2 is 2.06 bits per heavy atom. The number of piperidine rings is 1.